The minimum Gasteiger partial charge on any atom is -0.358 e. The monoisotopic (exact) mass is 190 g/mol. The number of nitrogens with one attached hydrogen (secondary N) is 2. The van der Waals surface area contributed by atoms with Crippen LogP contribution in [0.25, 0.3) is 11.2 Å². The van der Waals surface area contributed by atoms with E-state index in [0.29, 0.717) is 11.2 Å². The molecule has 0 saturated carbocycles. The molecule has 0 aliphatic heterocycles. The fourth-order valence-corrected chi connectivity index (χ4v) is 0.776. The number of aromatic amines is 2. The molecular weight excluding hydrogens is 183 g/mol. The normalized spacial score (nSPS) is 8.67. The maximum Gasteiger partial charge on any atom is 1.00 e. The summed E-state index contributed by atoms with van der Waals surface area (Å²) in [6, 6.07) is 0. The van der Waals surface area contributed by atoms with Gasteiger partial charge in [0, 0.05) is 0 Å². The third-order valence-electron chi connectivity index (χ3n) is 1.23. The van der Waals surface area contributed by atoms with Crippen LogP contribution in [-0.4, -0.2) is 19.9 Å². The Bertz CT molecular complexity index is 407. The number of hydrogen-bond acceptors (Lipinski definition) is 3. The molecule has 0 radical (unpaired) electrons. The SMILES string of the molecule is O=c1[nH]cnc2nc[nH]c12.[CH3-].[K+]. The Labute approximate surface area is 111 Å². The van der Waals surface area contributed by atoms with Gasteiger partial charge in [-0.3, -0.25) is 4.79 Å². The Morgan fingerprint density at radius 2 is 1.75 bits per heavy atom. The van der Waals surface area contributed by atoms with Crippen LogP contribution in [0.15, 0.2) is 17.4 Å². The van der Waals surface area contributed by atoms with Crippen molar-refractivity contribution in [3.63, 3.8) is 0 Å². The summed E-state index contributed by atoms with van der Waals surface area (Å²) in [6.45, 7) is 0. The van der Waals surface area contributed by atoms with E-state index < -0.39 is 0 Å². The van der Waals surface area contributed by atoms with Crippen molar-refractivity contribution in [2.75, 3.05) is 0 Å². The summed E-state index contributed by atoms with van der Waals surface area (Å²) in [5.74, 6) is 0. The van der Waals surface area contributed by atoms with Crippen molar-refractivity contribution in [2.45, 2.75) is 0 Å². The van der Waals surface area contributed by atoms with Crippen LogP contribution >= 0.6 is 0 Å². The third-order valence-corrected chi connectivity index (χ3v) is 1.23. The Kier molecular flexibility index (Phi) is 4.87. The standard InChI is InChI=1S/C5H4N4O.CH3.K/c10-5-3-4(7-1-6-3)8-2-9-5;;/h1-2H,(H2,6,7,8,9,10);1H3;/q;-1;+1. The average Bonchev–Trinajstić information content (AvgIpc) is 2.36. The number of aromatic nitrogens is 4. The van der Waals surface area contributed by atoms with E-state index in [4.69, 9.17) is 0 Å². The number of fused-ring (bicyclic) bond motifs is 1. The molecule has 0 atom stereocenters. The molecule has 0 bridgehead atoms. The van der Waals surface area contributed by atoms with Crippen LogP contribution in [0.4, 0.5) is 0 Å². The van der Waals surface area contributed by atoms with E-state index in [2.05, 4.69) is 19.9 Å². The summed E-state index contributed by atoms with van der Waals surface area (Å²) in [5.41, 5.74) is 0.675. The second-order valence-corrected chi connectivity index (χ2v) is 1.83. The molecule has 2 aromatic rings. The summed E-state index contributed by atoms with van der Waals surface area (Å²) in [4.78, 5) is 23.6. The zero-order chi connectivity index (χ0) is 6.97. The maximum absolute atomic E-state index is 10.9. The Morgan fingerprint density at radius 3 is 2.33 bits per heavy atom. The fourth-order valence-electron chi connectivity index (χ4n) is 0.776. The molecule has 0 saturated heterocycles. The van der Waals surface area contributed by atoms with E-state index in [0.717, 1.165) is 0 Å². The van der Waals surface area contributed by atoms with Gasteiger partial charge in [0.2, 0.25) is 0 Å². The smallest absolute Gasteiger partial charge is 0.358 e. The first-order chi connectivity index (χ1) is 4.88. The number of H-pyrrole nitrogens is 2. The fraction of sp³-hybridized carbons (Fsp3) is 0. The van der Waals surface area contributed by atoms with E-state index in [-0.39, 0.29) is 64.4 Å². The molecule has 0 unspecified atom stereocenters. The zero-order valence-electron chi connectivity index (χ0n) is 6.96. The van der Waals surface area contributed by atoms with E-state index in [9.17, 15) is 4.79 Å². The van der Waals surface area contributed by atoms with Gasteiger partial charge in [0.1, 0.15) is 0 Å². The molecule has 2 heterocycles. The van der Waals surface area contributed by atoms with Gasteiger partial charge in [-0.1, -0.05) is 0 Å². The predicted octanol–water partition coefficient (Wildman–Crippen LogP) is -2.90. The van der Waals surface area contributed by atoms with Crippen molar-refractivity contribution in [3.8, 4) is 0 Å². The van der Waals surface area contributed by atoms with Gasteiger partial charge in [-0.15, -0.1) is 0 Å². The van der Waals surface area contributed by atoms with Gasteiger partial charge in [0.25, 0.3) is 5.56 Å². The Balaban J connectivity index is 0.000000605. The molecule has 6 heteroatoms. The van der Waals surface area contributed by atoms with E-state index in [1.165, 1.54) is 12.7 Å². The number of hydrogen-bond donors (Lipinski definition) is 2. The molecule has 0 amide bonds. The molecule has 0 spiro atoms. The zero-order valence-corrected chi connectivity index (χ0v) is 10.1. The molecule has 0 aliphatic carbocycles. The summed E-state index contributed by atoms with van der Waals surface area (Å²) >= 11 is 0. The summed E-state index contributed by atoms with van der Waals surface area (Å²) in [7, 11) is 0. The van der Waals surface area contributed by atoms with Gasteiger partial charge in [0.15, 0.2) is 11.2 Å². The molecule has 58 valence electrons. The maximum atomic E-state index is 10.9. The van der Waals surface area contributed by atoms with E-state index in [1.807, 2.05) is 0 Å². The first kappa shape index (κ1) is 12.0. The second-order valence-electron chi connectivity index (χ2n) is 1.83. The van der Waals surface area contributed by atoms with Crippen LogP contribution in [0.2, 0.25) is 0 Å². The number of imidazole rings is 1. The van der Waals surface area contributed by atoms with Gasteiger partial charge in [-0.25, -0.2) is 9.97 Å². The van der Waals surface area contributed by atoms with Crippen LogP contribution < -0.4 is 56.9 Å². The summed E-state index contributed by atoms with van der Waals surface area (Å²) in [6.07, 6.45) is 2.76. The van der Waals surface area contributed by atoms with Gasteiger partial charge in [-0.2, -0.15) is 0 Å². The van der Waals surface area contributed by atoms with Gasteiger partial charge < -0.3 is 17.4 Å². The van der Waals surface area contributed by atoms with Crippen molar-refractivity contribution in [1.29, 1.82) is 0 Å². The Hall–Kier alpha value is -0.0136. The van der Waals surface area contributed by atoms with Crippen LogP contribution in [0.1, 0.15) is 0 Å². The van der Waals surface area contributed by atoms with E-state index in [1.54, 1.807) is 0 Å². The largest absolute Gasteiger partial charge is 1.00 e. The number of nitrogens with zero attached hydrogens (tertiary/aromatic N) is 2. The van der Waals surface area contributed by atoms with Crippen LogP contribution in [0.5, 0.6) is 0 Å². The van der Waals surface area contributed by atoms with Crippen LogP contribution in [0, 0.1) is 7.43 Å². The van der Waals surface area contributed by atoms with Crippen molar-refractivity contribution in [2.24, 2.45) is 0 Å². The van der Waals surface area contributed by atoms with Gasteiger partial charge >= 0.3 is 51.4 Å². The minimum atomic E-state index is -0.192. The topological polar surface area (TPSA) is 74.4 Å². The van der Waals surface area contributed by atoms with Crippen molar-refractivity contribution < 1.29 is 51.4 Å². The quantitative estimate of drug-likeness (QED) is 0.346. The van der Waals surface area contributed by atoms with Crippen molar-refractivity contribution in [1.82, 2.24) is 19.9 Å². The predicted molar refractivity (Wildman–Crippen MR) is 40.9 cm³/mol. The molecule has 0 aliphatic rings. The molecule has 0 fully saturated rings. The first-order valence-electron chi connectivity index (χ1n) is 2.75. The van der Waals surface area contributed by atoms with Crippen LogP contribution in [0.3, 0.4) is 0 Å². The molecule has 2 aromatic heterocycles. The summed E-state index contributed by atoms with van der Waals surface area (Å²) in [5, 5.41) is 0. The van der Waals surface area contributed by atoms with Gasteiger partial charge in [0.05, 0.1) is 12.7 Å². The molecular formula is C6H7KN4O. The minimum absolute atomic E-state index is 0. The molecule has 2 N–H and O–H groups in total. The molecule has 2 rings (SSSR count). The Morgan fingerprint density at radius 1 is 1.17 bits per heavy atom. The summed E-state index contributed by atoms with van der Waals surface area (Å²) < 4.78 is 0. The van der Waals surface area contributed by atoms with Gasteiger partial charge in [-0.05, 0) is 0 Å². The third kappa shape index (κ3) is 2.02. The number of rotatable bonds is 0. The second kappa shape index (κ2) is 4.88. The van der Waals surface area contributed by atoms with Crippen molar-refractivity contribution in [3.05, 3.63) is 30.4 Å². The molecule has 5 nitrogen and oxygen atoms in total. The van der Waals surface area contributed by atoms with E-state index >= 15 is 0 Å². The average molecular weight is 190 g/mol. The van der Waals surface area contributed by atoms with Crippen molar-refractivity contribution >= 4 is 11.2 Å². The van der Waals surface area contributed by atoms with Crippen LogP contribution in [-0.2, 0) is 0 Å². The molecule has 0 aromatic carbocycles. The molecule has 12 heavy (non-hydrogen) atoms. The first-order valence-corrected chi connectivity index (χ1v) is 2.75.